The molecule has 5 rings (SSSR count). The van der Waals surface area contributed by atoms with Crippen molar-refractivity contribution in [3.63, 3.8) is 0 Å². The molecule has 1 aliphatic heterocycles. The Morgan fingerprint density at radius 3 is 2.44 bits per heavy atom. The molecule has 1 heterocycles. The van der Waals surface area contributed by atoms with Crippen molar-refractivity contribution in [3.8, 4) is 34.1 Å². The lowest BCUT2D eigenvalue weighted by atomic mass is 9.87. The van der Waals surface area contributed by atoms with Crippen LogP contribution in [0, 0.1) is 0 Å². The largest absolute Gasteiger partial charge is 0.507 e. The summed E-state index contributed by atoms with van der Waals surface area (Å²) in [5.41, 5.74) is 5.45. The normalized spacial score (nSPS) is 17.4. The fourth-order valence-corrected chi connectivity index (χ4v) is 5.14. The zero-order valence-electron chi connectivity index (χ0n) is 21.1. The van der Waals surface area contributed by atoms with Gasteiger partial charge in [-0.1, -0.05) is 68.8 Å². The van der Waals surface area contributed by atoms with Gasteiger partial charge in [-0.15, -0.1) is 0 Å². The quantitative estimate of drug-likeness (QED) is 0.306. The second kappa shape index (κ2) is 10.9. The predicted octanol–water partition coefficient (Wildman–Crippen LogP) is 7.39. The van der Waals surface area contributed by atoms with E-state index in [-0.39, 0.29) is 17.8 Å². The molecule has 0 saturated carbocycles. The predicted molar refractivity (Wildman–Crippen MR) is 144 cm³/mol. The van der Waals surface area contributed by atoms with Gasteiger partial charge in [0.25, 0.3) is 0 Å². The highest BCUT2D eigenvalue weighted by Crippen LogP contribution is 2.46. The summed E-state index contributed by atoms with van der Waals surface area (Å²) in [5, 5.41) is 10.6. The van der Waals surface area contributed by atoms with Crippen LogP contribution in [-0.4, -0.2) is 24.4 Å². The third-order valence-electron chi connectivity index (χ3n) is 6.90. The summed E-state index contributed by atoms with van der Waals surface area (Å²) in [5.74, 6) is 3.16. The van der Waals surface area contributed by atoms with E-state index in [0.29, 0.717) is 13.2 Å². The van der Waals surface area contributed by atoms with Crippen LogP contribution in [0.3, 0.4) is 0 Å². The molecule has 36 heavy (non-hydrogen) atoms. The van der Waals surface area contributed by atoms with E-state index in [1.165, 1.54) is 11.1 Å². The molecule has 2 unspecified atom stereocenters. The number of rotatable bonds is 10. The number of hydrogen-bond donors (Lipinski definition) is 1. The Hall–Kier alpha value is -3.66. The molecular weight excluding hydrogens is 448 g/mol. The number of fused-ring (bicyclic) bond motifs is 3. The Morgan fingerprint density at radius 1 is 0.889 bits per heavy atom. The van der Waals surface area contributed by atoms with E-state index in [0.717, 1.165) is 59.6 Å². The molecule has 0 radical (unpaired) electrons. The molecule has 0 aromatic heterocycles. The molecule has 1 N–H and O–H groups in total. The van der Waals surface area contributed by atoms with E-state index in [2.05, 4.69) is 38.2 Å². The highest BCUT2D eigenvalue weighted by atomic mass is 16.5. The summed E-state index contributed by atoms with van der Waals surface area (Å²) in [7, 11) is 0. The maximum atomic E-state index is 10.6. The molecule has 0 bridgehead atoms. The molecule has 2 aliphatic rings. The van der Waals surface area contributed by atoms with Gasteiger partial charge in [0, 0.05) is 35.1 Å². The van der Waals surface area contributed by atoms with Gasteiger partial charge in [-0.2, -0.15) is 0 Å². The lowest BCUT2D eigenvalue weighted by molar-refractivity contribution is 0.244. The Kier molecular flexibility index (Phi) is 7.31. The number of ether oxygens (including phenoxy) is 3. The number of benzene rings is 3. The van der Waals surface area contributed by atoms with Gasteiger partial charge in [0.2, 0.25) is 0 Å². The minimum atomic E-state index is 0.0849. The highest BCUT2D eigenvalue weighted by molar-refractivity contribution is 5.72. The van der Waals surface area contributed by atoms with Gasteiger partial charge in [-0.05, 0) is 48.2 Å². The van der Waals surface area contributed by atoms with Gasteiger partial charge in [-0.3, -0.25) is 0 Å². The summed E-state index contributed by atoms with van der Waals surface area (Å²) in [4.78, 5) is 0. The van der Waals surface area contributed by atoms with Gasteiger partial charge in [0.05, 0.1) is 13.2 Å². The average molecular weight is 483 g/mol. The summed E-state index contributed by atoms with van der Waals surface area (Å²) in [6.07, 6.45) is 12.2. The van der Waals surface area contributed by atoms with Crippen LogP contribution < -0.4 is 14.2 Å². The van der Waals surface area contributed by atoms with E-state index in [1.54, 1.807) is 6.07 Å². The fraction of sp³-hybridized carbons (Fsp3) is 0.312. The molecule has 2 atom stereocenters. The Bertz CT molecular complexity index is 1260. The zero-order chi connectivity index (χ0) is 24.9. The van der Waals surface area contributed by atoms with Crippen LogP contribution in [0.4, 0.5) is 0 Å². The number of allylic oxidation sites excluding steroid dienone is 2. The number of hydrogen-bond acceptors (Lipinski definition) is 4. The van der Waals surface area contributed by atoms with Crippen LogP contribution in [0.25, 0.3) is 11.1 Å². The van der Waals surface area contributed by atoms with Crippen molar-refractivity contribution in [2.45, 2.75) is 51.6 Å². The third kappa shape index (κ3) is 4.86. The summed E-state index contributed by atoms with van der Waals surface area (Å²) >= 11 is 0. The highest BCUT2D eigenvalue weighted by Gasteiger charge is 2.35. The molecule has 0 amide bonds. The monoisotopic (exact) mass is 482 g/mol. The fourth-order valence-electron chi connectivity index (χ4n) is 5.14. The first-order valence-electron chi connectivity index (χ1n) is 13.0. The average Bonchev–Trinajstić information content (AvgIpc) is 3.29. The van der Waals surface area contributed by atoms with Gasteiger partial charge in [0.1, 0.15) is 29.1 Å². The van der Waals surface area contributed by atoms with E-state index >= 15 is 0 Å². The van der Waals surface area contributed by atoms with Crippen LogP contribution >= 0.6 is 0 Å². The number of aryl methyl sites for hydroxylation is 1. The van der Waals surface area contributed by atoms with Crippen molar-refractivity contribution in [1.82, 2.24) is 0 Å². The summed E-state index contributed by atoms with van der Waals surface area (Å²) in [6, 6.07) is 17.8. The minimum Gasteiger partial charge on any atom is -0.507 e. The van der Waals surface area contributed by atoms with E-state index in [1.807, 2.05) is 48.5 Å². The first-order valence-corrected chi connectivity index (χ1v) is 13.0. The van der Waals surface area contributed by atoms with Gasteiger partial charge < -0.3 is 19.3 Å². The number of phenolic OH excluding ortho intramolecular Hbond substituents is 1. The molecule has 4 nitrogen and oxygen atoms in total. The summed E-state index contributed by atoms with van der Waals surface area (Å²) in [6.45, 7) is 5.39. The van der Waals surface area contributed by atoms with E-state index < -0.39 is 0 Å². The Labute approximate surface area is 213 Å². The molecule has 3 aromatic rings. The van der Waals surface area contributed by atoms with Crippen molar-refractivity contribution in [2.75, 3.05) is 13.2 Å². The van der Waals surface area contributed by atoms with Gasteiger partial charge >= 0.3 is 0 Å². The first kappa shape index (κ1) is 24.1. The molecular formula is C32H34O4. The molecule has 3 aromatic carbocycles. The lowest BCUT2D eigenvalue weighted by Gasteiger charge is -2.18. The number of aromatic hydroxyl groups is 1. The molecule has 1 aliphatic carbocycles. The van der Waals surface area contributed by atoms with E-state index in [9.17, 15) is 5.11 Å². The lowest BCUT2D eigenvalue weighted by Crippen LogP contribution is -2.16. The van der Waals surface area contributed by atoms with Gasteiger partial charge in [-0.25, -0.2) is 0 Å². The molecule has 0 spiro atoms. The van der Waals surface area contributed by atoms with Crippen molar-refractivity contribution in [1.29, 1.82) is 0 Å². The smallest absolute Gasteiger partial charge is 0.128 e. The number of phenols is 1. The third-order valence-corrected chi connectivity index (χ3v) is 6.90. The van der Waals surface area contributed by atoms with Crippen molar-refractivity contribution >= 4 is 0 Å². The van der Waals surface area contributed by atoms with Crippen molar-refractivity contribution in [2.24, 2.45) is 0 Å². The Morgan fingerprint density at radius 2 is 1.67 bits per heavy atom. The maximum absolute atomic E-state index is 10.6. The SMILES string of the molecule is CCCc1c(OCCCOc2cc(O)c(-c3ccccc3)cc2CC)ccc2c1C1C=CC=CC1O2. The molecule has 0 fully saturated rings. The molecule has 186 valence electrons. The van der Waals surface area contributed by atoms with E-state index in [4.69, 9.17) is 14.2 Å². The minimum absolute atomic E-state index is 0.0849. The molecule has 4 heteroatoms. The second-order valence-electron chi connectivity index (χ2n) is 9.33. The first-order chi connectivity index (χ1) is 17.7. The van der Waals surface area contributed by atoms with Crippen LogP contribution in [-0.2, 0) is 12.8 Å². The maximum Gasteiger partial charge on any atom is 0.128 e. The van der Waals surface area contributed by atoms with Crippen LogP contribution in [0.15, 0.2) is 78.9 Å². The topological polar surface area (TPSA) is 47.9 Å². The second-order valence-corrected chi connectivity index (χ2v) is 9.33. The standard InChI is InChI=1S/C32H34O4/c1-3-11-24-28(16-17-30-32(24)25-14-8-9-15-29(25)36-30)34-18-10-19-35-31-21-27(33)26(20-22(31)4-2)23-12-6-5-7-13-23/h5-9,12-17,20-21,25,29,33H,3-4,10-11,18-19H2,1-2H3. The van der Waals surface area contributed by atoms with Crippen molar-refractivity contribution < 1.29 is 19.3 Å². The Balaban J connectivity index is 1.22. The van der Waals surface area contributed by atoms with Crippen LogP contribution in [0.1, 0.15) is 49.3 Å². The summed E-state index contributed by atoms with van der Waals surface area (Å²) < 4.78 is 18.5. The zero-order valence-corrected chi connectivity index (χ0v) is 21.1. The van der Waals surface area contributed by atoms with Crippen LogP contribution in [0.5, 0.6) is 23.0 Å². The van der Waals surface area contributed by atoms with Crippen molar-refractivity contribution in [3.05, 3.63) is 95.6 Å². The van der Waals surface area contributed by atoms with Gasteiger partial charge in [0.15, 0.2) is 0 Å². The molecule has 0 saturated heterocycles. The van der Waals surface area contributed by atoms with Crippen LogP contribution in [0.2, 0.25) is 0 Å².